The molecule has 0 amide bonds. The summed E-state index contributed by atoms with van der Waals surface area (Å²) in [5, 5.41) is 1.56. The summed E-state index contributed by atoms with van der Waals surface area (Å²) >= 11 is 6.03. The summed E-state index contributed by atoms with van der Waals surface area (Å²) in [6.45, 7) is 1.76. The van der Waals surface area contributed by atoms with Crippen LogP contribution in [0.2, 0.25) is 5.02 Å². The molecule has 0 aliphatic carbocycles. The van der Waals surface area contributed by atoms with Crippen LogP contribution in [0.25, 0.3) is 10.9 Å². The number of pyridine rings is 1. The van der Waals surface area contributed by atoms with E-state index in [1.54, 1.807) is 32.2 Å². The Labute approximate surface area is 133 Å². The molecule has 3 rings (SSSR count). The van der Waals surface area contributed by atoms with Crippen molar-refractivity contribution in [3.8, 4) is 5.88 Å². The molecule has 4 heteroatoms. The van der Waals surface area contributed by atoms with Gasteiger partial charge in [-0.3, -0.25) is 0 Å². The number of aromatic nitrogens is 1. The molecule has 2 aromatic carbocycles. The minimum atomic E-state index is -0.184. The molecule has 3 aromatic rings. The number of hydrogen-bond acceptors (Lipinski definition) is 2. The van der Waals surface area contributed by atoms with E-state index in [2.05, 4.69) is 4.98 Å². The maximum atomic E-state index is 14.2. The monoisotopic (exact) mass is 315 g/mol. The lowest BCUT2D eigenvalue weighted by molar-refractivity contribution is 0.395. The predicted octanol–water partition coefficient (Wildman–Crippen LogP) is 4.94. The first-order valence-electron chi connectivity index (χ1n) is 6.95. The van der Waals surface area contributed by atoms with Gasteiger partial charge in [0.1, 0.15) is 5.82 Å². The van der Waals surface area contributed by atoms with Gasteiger partial charge in [0.15, 0.2) is 0 Å². The third-order valence-corrected chi connectivity index (χ3v) is 3.90. The van der Waals surface area contributed by atoms with Crippen molar-refractivity contribution in [2.24, 2.45) is 0 Å². The number of aryl methyl sites for hydroxylation is 1. The summed E-state index contributed by atoms with van der Waals surface area (Å²) in [5.74, 6) is 0.325. The lowest BCUT2D eigenvalue weighted by Crippen LogP contribution is -2.00. The number of methoxy groups -OCH3 is 1. The van der Waals surface area contributed by atoms with Gasteiger partial charge in [-0.25, -0.2) is 9.37 Å². The molecule has 2 nitrogen and oxygen atoms in total. The first-order chi connectivity index (χ1) is 10.6. The molecule has 0 radical (unpaired) electrons. The molecule has 0 atom stereocenters. The third-order valence-electron chi connectivity index (χ3n) is 3.66. The third kappa shape index (κ3) is 2.77. The Kier molecular flexibility index (Phi) is 3.99. The maximum Gasteiger partial charge on any atom is 0.217 e. The lowest BCUT2D eigenvalue weighted by Gasteiger charge is -2.11. The van der Waals surface area contributed by atoms with E-state index in [0.717, 1.165) is 16.5 Å². The summed E-state index contributed by atoms with van der Waals surface area (Å²) in [6.07, 6.45) is 0.423. The fourth-order valence-corrected chi connectivity index (χ4v) is 2.71. The van der Waals surface area contributed by atoms with Gasteiger partial charge in [-0.1, -0.05) is 29.8 Å². The Bertz CT molecular complexity index is 848. The SMILES string of the molecule is COc1nc2ccc(Cl)cc2cc1Cc1cccc(C)c1F. The maximum absolute atomic E-state index is 14.2. The van der Waals surface area contributed by atoms with Crippen molar-refractivity contribution >= 4 is 22.5 Å². The zero-order valence-corrected chi connectivity index (χ0v) is 13.1. The summed E-state index contributed by atoms with van der Waals surface area (Å²) in [4.78, 5) is 4.48. The van der Waals surface area contributed by atoms with Gasteiger partial charge in [0.25, 0.3) is 0 Å². The van der Waals surface area contributed by atoms with Crippen molar-refractivity contribution in [2.45, 2.75) is 13.3 Å². The van der Waals surface area contributed by atoms with Gasteiger partial charge in [0.05, 0.1) is 12.6 Å². The summed E-state index contributed by atoms with van der Waals surface area (Å²) in [7, 11) is 1.57. The molecule has 0 saturated carbocycles. The second kappa shape index (κ2) is 5.93. The number of fused-ring (bicyclic) bond motifs is 1. The first kappa shape index (κ1) is 14.8. The van der Waals surface area contributed by atoms with Gasteiger partial charge in [-0.05, 0) is 42.3 Å². The first-order valence-corrected chi connectivity index (χ1v) is 7.33. The molecule has 22 heavy (non-hydrogen) atoms. The van der Waals surface area contributed by atoms with Crippen molar-refractivity contribution in [1.82, 2.24) is 4.98 Å². The Morgan fingerprint density at radius 3 is 2.73 bits per heavy atom. The van der Waals surface area contributed by atoms with Crippen LogP contribution >= 0.6 is 11.6 Å². The van der Waals surface area contributed by atoms with Crippen molar-refractivity contribution < 1.29 is 9.13 Å². The average molecular weight is 316 g/mol. The molecule has 0 fully saturated rings. The molecule has 0 saturated heterocycles. The van der Waals surface area contributed by atoms with E-state index in [9.17, 15) is 4.39 Å². The van der Waals surface area contributed by atoms with Crippen molar-refractivity contribution in [3.05, 3.63) is 70.0 Å². The fraction of sp³-hybridized carbons (Fsp3) is 0.167. The molecular formula is C18H15ClFNO. The van der Waals surface area contributed by atoms with Crippen LogP contribution in [0.1, 0.15) is 16.7 Å². The Balaban J connectivity index is 2.10. The van der Waals surface area contributed by atoms with E-state index in [4.69, 9.17) is 16.3 Å². The summed E-state index contributed by atoms with van der Waals surface area (Å²) in [5.41, 5.74) is 2.89. The van der Waals surface area contributed by atoms with Crippen LogP contribution in [0, 0.1) is 12.7 Å². The number of benzene rings is 2. The van der Waals surface area contributed by atoms with Crippen LogP contribution in [0.4, 0.5) is 4.39 Å². The number of rotatable bonds is 3. The van der Waals surface area contributed by atoms with E-state index < -0.39 is 0 Å². The summed E-state index contributed by atoms with van der Waals surface area (Å²) < 4.78 is 19.6. The quantitative estimate of drug-likeness (QED) is 0.683. The predicted molar refractivity (Wildman–Crippen MR) is 87.2 cm³/mol. The molecular weight excluding hydrogens is 301 g/mol. The van der Waals surface area contributed by atoms with E-state index >= 15 is 0 Å². The van der Waals surface area contributed by atoms with Crippen LogP contribution in [-0.4, -0.2) is 12.1 Å². The van der Waals surface area contributed by atoms with Crippen LogP contribution in [0.5, 0.6) is 5.88 Å². The average Bonchev–Trinajstić information content (AvgIpc) is 2.51. The van der Waals surface area contributed by atoms with E-state index in [-0.39, 0.29) is 5.82 Å². The standard InChI is InChI=1S/C18H15ClFNO/c1-11-4-3-5-12(17(11)20)8-14-9-13-10-15(19)6-7-16(13)21-18(14)22-2/h3-7,9-10H,8H2,1-2H3. The molecule has 0 aliphatic heterocycles. The highest BCUT2D eigenvalue weighted by molar-refractivity contribution is 6.31. The van der Waals surface area contributed by atoms with E-state index in [1.165, 1.54) is 0 Å². The molecule has 0 unspecified atom stereocenters. The normalized spacial score (nSPS) is 10.9. The molecule has 0 bridgehead atoms. The summed E-state index contributed by atoms with van der Waals surface area (Å²) in [6, 6.07) is 12.8. The van der Waals surface area contributed by atoms with Crippen LogP contribution < -0.4 is 4.74 Å². The van der Waals surface area contributed by atoms with Crippen molar-refractivity contribution in [3.63, 3.8) is 0 Å². The van der Waals surface area contributed by atoms with E-state index in [0.29, 0.717) is 28.5 Å². The smallest absolute Gasteiger partial charge is 0.217 e. The van der Waals surface area contributed by atoms with Gasteiger partial charge in [-0.15, -0.1) is 0 Å². The number of hydrogen-bond donors (Lipinski definition) is 0. The second-order valence-corrected chi connectivity index (χ2v) is 5.66. The van der Waals surface area contributed by atoms with Crippen LogP contribution in [0.15, 0.2) is 42.5 Å². The topological polar surface area (TPSA) is 22.1 Å². The Morgan fingerprint density at radius 2 is 1.95 bits per heavy atom. The zero-order chi connectivity index (χ0) is 15.7. The highest BCUT2D eigenvalue weighted by Gasteiger charge is 2.12. The second-order valence-electron chi connectivity index (χ2n) is 5.22. The number of nitrogens with zero attached hydrogens (tertiary/aromatic N) is 1. The molecule has 0 N–H and O–H groups in total. The van der Waals surface area contributed by atoms with Gasteiger partial charge in [-0.2, -0.15) is 0 Å². The Morgan fingerprint density at radius 1 is 1.14 bits per heavy atom. The van der Waals surface area contributed by atoms with Crippen LogP contribution in [-0.2, 0) is 6.42 Å². The minimum Gasteiger partial charge on any atom is -0.481 e. The number of halogens is 2. The van der Waals surface area contributed by atoms with Gasteiger partial charge >= 0.3 is 0 Å². The highest BCUT2D eigenvalue weighted by Crippen LogP contribution is 2.27. The Hall–Kier alpha value is -2.13. The van der Waals surface area contributed by atoms with Crippen LogP contribution in [0.3, 0.4) is 0 Å². The van der Waals surface area contributed by atoms with E-state index in [1.807, 2.05) is 24.3 Å². The number of ether oxygens (including phenoxy) is 1. The van der Waals surface area contributed by atoms with Crippen molar-refractivity contribution in [1.29, 1.82) is 0 Å². The molecule has 0 aliphatic rings. The largest absolute Gasteiger partial charge is 0.481 e. The molecule has 1 aromatic heterocycles. The van der Waals surface area contributed by atoms with Gasteiger partial charge in [0, 0.05) is 22.4 Å². The molecule has 0 spiro atoms. The molecule has 112 valence electrons. The lowest BCUT2D eigenvalue weighted by atomic mass is 10.0. The highest BCUT2D eigenvalue weighted by atomic mass is 35.5. The van der Waals surface area contributed by atoms with Gasteiger partial charge < -0.3 is 4.74 Å². The van der Waals surface area contributed by atoms with Crippen molar-refractivity contribution in [2.75, 3.05) is 7.11 Å². The minimum absolute atomic E-state index is 0.184. The van der Waals surface area contributed by atoms with Gasteiger partial charge in [0.2, 0.25) is 5.88 Å². The fourth-order valence-electron chi connectivity index (χ4n) is 2.53. The molecule has 1 heterocycles. The zero-order valence-electron chi connectivity index (χ0n) is 12.4.